The first-order valence-corrected chi connectivity index (χ1v) is 13.8. The first-order chi connectivity index (χ1) is 18.8. The van der Waals surface area contributed by atoms with Gasteiger partial charge in [0.2, 0.25) is 17.7 Å². The number of hydrogen-bond donors (Lipinski definition) is 2. The second-order valence-corrected chi connectivity index (χ2v) is 10.4. The highest BCUT2D eigenvalue weighted by molar-refractivity contribution is 7.15. The predicted molar refractivity (Wildman–Crippen MR) is 147 cm³/mol. The summed E-state index contributed by atoms with van der Waals surface area (Å²) in [6.45, 7) is 2.74. The highest BCUT2D eigenvalue weighted by atomic mass is 32.1. The van der Waals surface area contributed by atoms with Crippen molar-refractivity contribution in [1.82, 2.24) is 29.8 Å². The number of amides is 4. The monoisotopic (exact) mass is 554 g/mol. The van der Waals surface area contributed by atoms with E-state index in [9.17, 15) is 19.2 Å². The van der Waals surface area contributed by atoms with Gasteiger partial charge in [0.05, 0.1) is 7.11 Å². The molecule has 0 aliphatic carbocycles. The number of methoxy groups -OCH3 is 1. The molecule has 1 saturated heterocycles. The molecule has 3 aromatic rings. The predicted octanol–water partition coefficient (Wildman–Crippen LogP) is 1.72. The Bertz CT molecular complexity index is 1290. The molecule has 0 bridgehead atoms. The van der Waals surface area contributed by atoms with Crippen molar-refractivity contribution in [3.8, 4) is 5.75 Å². The van der Waals surface area contributed by atoms with Crippen LogP contribution < -0.4 is 15.4 Å². The summed E-state index contributed by atoms with van der Waals surface area (Å²) < 4.78 is 7.01. The molecule has 1 aliphatic heterocycles. The number of rotatable bonds is 4. The van der Waals surface area contributed by atoms with Crippen LogP contribution in [0.3, 0.4) is 0 Å². The first-order valence-electron chi connectivity index (χ1n) is 12.9. The molecule has 2 N–H and O–H groups in total. The molecule has 1 aliphatic rings. The van der Waals surface area contributed by atoms with Crippen molar-refractivity contribution in [3.05, 3.63) is 53.3 Å². The molecule has 11 nitrogen and oxygen atoms in total. The molecule has 1 aromatic carbocycles. The largest absolute Gasteiger partial charge is 0.497 e. The van der Waals surface area contributed by atoms with Gasteiger partial charge in [-0.25, -0.2) is 4.98 Å². The molecule has 3 heterocycles. The summed E-state index contributed by atoms with van der Waals surface area (Å²) in [6, 6.07) is 5.68. The minimum Gasteiger partial charge on any atom is -0.497 e. The highest BCUT2D eigenvalue weighted by Crippen LogP contribution is 2.16. The SMILES string of the molecule is COc1ccc(C[C@@H]2NC(=O)CCCN(C(=O)c3cn4ccsc4n3)CCCNC(=O)[C@H](C)N(C)C2=O)cc1. The number of hydrogen-bond acceptors (Lipinski definition) is 7. The van der Waals surface area contributed by atoms with E-state index in [4.69, 9.17) is 4.74 Å². The lowest BCUT2D eigenvalue weighted by Crippen LogP contribution is -2.54. The Morgan fingerprint density at radius 2 is 1.90 bits per heavy atom. The maximum Gasteiger partial charge on any atom is 0.274 e. The van der Waals surface area contributed by atoms with Gasteiger partial charge in [-0.3, -0.25) is 23.6 Å². The van der Waals surface area contributed by atoms with Gasteiger partial charge >= 0.3 is 0 Å². The van der Waals surface area contributed by atoms with E-state index in [-0.39, 0.29) is 36.5 Å². The van der Waals surface area contributed by atoms with Gasteiger partial charge in [-0.2, -0.15) is 0 Å². The van der Waals surface area contributed by atoms with Gasteiger partial charge in [-0.15, -0.1) is 11.3 Å². The summed E-state index contributed by atoms with van der Waals surface area (Å²) in [7, 11) is 3.14. The lowest BCUT2D eigenvalue weighted by molar-refractivity contribution is -0.141. The molecule has 0 saturated carbocycles. The Labute approximate surface area is 231 Å². The van der Waals surface area contributed by atoms with Gasteiger partial charge in [-0.05, 0) is 37.5 Å². The fourth-order valence-electron chi connectivity index (χ4n) is 4.44. The zero-order valence-corrected chi connectivity index (χ0v) is 23.2. The number of carbonyl (C=O) groups is 4. The number of nitrogens with zero attached hydrogens (tertiary/aromatic N) is 4. The minimum atomic E-state index is -0.854. The van der Waals surface area contributed by atoms with Crippen LogP contribution in [0.5, 0.6) is 5.75 Å². The smallest absolute Gasteiger partial charge is 0.274 e. The molecule has 2 aromatic heterocycles. The number of nitrogens with one attached hydrogen (secondary N) is 2. The summed E-state index contributed by atoms with van der Waals surface area (Å²) >= 11 is 1.44. The Balaban J connectivity index is 1.50. The van der Waals surface area contributed by atoms with Crippen LogP contribution >= 0.6 is 11.3 Å². The maximum absolute atomic E-state index is 13.4. The minimum absolute atomic E-state index is 0.144. The average Bonchev–Trinajstić information content (AvgIpc) is 3.55. The Morgan fingerprint density at radius 1 is 1.15 bits per heavy atom. The number of carbonyl (C=O) groups excluding carboxylic acids is 4. The van der Waals surface area contributed by atoms with Crippen LogP contribution in [-0.2, 0) is 20.8 Å². The fourth-order valence-corrected chi connectivity index (χ4v) is 5.14. The molecule has 0 radical (unpaired) electrons. The Morgan fingerprint density at radius 3 is 2.62 bits per heavy atom. The molecule has 39 heavy (non-hydrogen) atoms. The van der Waals surface area contributed by atoms with E-state index in [1.54, 1.807) is 48.7 Å². The van der Waals surface area contributed by atoms with Crippen LogP contribution in [0.15, 0.2) is 42.0 Å². The molecule has 4 rings (SSSR count). The summed E-state index contributed by atoms with van der Waals surface area (Å²) in [6.07, 6.45) is 4.89. The van der Waals surface area contributed by atoms with Crippen LogP contribution in [0, 0.1) is 0 Å². The number of ether oxygens (including phenoxy) is 1. The van der Waals surface area contributed by atoms with Crippen molar-refractivity contribution in [3.63, 3.8) is 0 Å². The van der Waals surface area contributed by atoms with E-state index in [1.807, 2.05) is 23.7 Å². The topological polar surface area (TPSA) is 125 Å². The molecule has 0 unspecified atom stereocenters. The number of fused-ring (bicyclic) bond motifs is 1. The van der Waals surface area contributed by atoms with Crippen LogP contribution in [-0.4, -0.2) is 88.7 Å². The normalized spacial score (nSPS) is 20.2. The fraction of sp³-hybridized carbons (Fsp3) is 0.444. The van der Waals surface area contributed by atoms with E-state index in [0.29, 0.717) is 43.9 Å². The van der Waals surface area contributed by atoms with Crippen molar-refractivity contribution in [2.75, 3.05) is 33.8 Å². The average molecular weight is 555 g/mol. The second-order valence-electron chi connectivity index (χ2n) is 9.56. The molecule has 2 atom stereocenters. The van der Waals surface area contributed by atoms with E-state index >= 15 is 0 Å². The van der Waals surface area contributed by atoms with Crippen LogP contribution in [0.25, 0.3) is 4.96 Å². The summed E-state index contributed by atoms with van der Waals surface area (Å²) in [5.41, 5.74) is 1.18. The lowest BCUT2D eigenvalue weighted by Gasteiger charge is -2.29. The number of aromatic nitrogens is 2. The Hall–Kier alpha value is -3.93. The van der Waals surface area contributed by atoms with E-state index < -0.39 is 12.1 Å². The number of benzene rings is 1. The third-order valence-corrected chi connectivity index (χ3v) is 7.65. The van der Waals surface area contributed by atoms with Gasteiger partial charge in [0, 0.05) is 57.3 Å². The molecule has 4 amide bonds. The Kier molecular flexibility index (Phi) is 9.18. The van der Waals surface area contributed by atoms with Gasteiger partial charge in [0.1, 0.15) is 23.5 Å². The standard InChI is InChI=1S/C27H34N6O5S/c1-18-24(35)28-11-5-13-32(26(37)22-17-33-14-15-39-27(33)30-22)12-4-6-23(34)29-21(25(36)31(18)2)16-19-7-9-20(38-3)10-8-19/h7-10,14-15,17-18,21H,4-6,11-13,16H2,1-3H3,(H,28,35)(H,29,34)/t18-,21-/m0/s1. The molecule has 1 fully saturated rings. The van der Waals surface area contributed by atoms with Gasteiger partial charge in [-0.1, -0.05) is 12.1 Å². The number of thiazole rings is 1. The zero-order valence-electron chi connectivity index (χ0n) is 22.4. The zero-order chi connectivity index (χ0) is 27.9. The molecule has 208 valence electrons. The molecular formula is C27H34N6O5S. The van der Waals surface area contributed by atoms with Crippen molar-refractivity contribution in [2.24, 2.45) is 0 Å². The van der Waals surface area contributed by atoms with E-state index in [1.165, 1.54) is 16.2 Å². The van der Waals surface area contributed by atoms with Crippen molar-refractivity contribution >= 4 is 39.9 Å². The summed E-state index contributed by atoms with van der Waals surface area (Å²) in [5, 5.41) is 7.62. The van der Waals surface area contributed by atoms with Gasteiger partial charge < -0.3 is 25.2 Å². The molecule has 12 heteroatoms. The molecule has 0 spiro atoms. The van der Waals surface area contributed by atoms with Crippen molar-refractivity contribution in [2.45, 2.75) is 44.7 Å². The lowest BCUT2D eigenvalue weighted by atomic mass is 10.0. The quantitative estimate of drug-likeness (QED) is 0.506. The van der Waals surface area contributed by atoms with Crippen LogP contribution in [0.2, 0.25) is 0 Å². The van der Waals surface area contributed by atoms with Gasteiger partial charge in [0.25, 0.3) is 5.91 Å². The third-order valence-electron chi connectivity index (χ3n) is 6.88. The maximum atomic E-state index is 13.4. The molecular weight excluding hydrogens is 520 g/mol. The van der Waals surface area contributed by atoms with Crippen LogP contribution in [0.4, 0.5) is 0 Å². The summed E-state index contributed by atoms with van der Waals surface area (Å²) in [4.78, 5) is 60.6. The second kappa shape index (κ2) is 12.7. The van der Waals surface area contributed by atoms with Crippen molar-refractivity contribution in [1.29, 1.82) is 0 Å². The summed E-state index contributed by atoms with van der Waals surface area (Å²) in [5.74, 6) is -0.483. The third kappa shape index (κ3) is 6.94. The first kappa shape index (κ1) is 28.1. The van der Waals surface area contributed by atoms with E-state index in [2.05, 4.69) is 15.6 Å². The number of likely N-dealkylation sites (N-methyl/N-ethyl adjacent to an activating group) is 1. The van der Waals surface area contributed by atoms with Gasteiger partial charge in [0.15, 0.2) is 4.96 Å². The number of imidazole rings is 1. The van der Waals surface area contributed by atoms with Crippen molar-refractivity contribution < 1.29 is 23.9 Å². The van der Waals surface area contributed by atoms with Crippen LogP contribution in [0.1, 0.15) is 42.2 Å². The highest BCUT2D eigenvalue weighted by Gasteiger charge is 2.30. The van der Waals surface area contributed by atoms with E-state index in [0.717, 1.165) is 10.5 Å².